The molecule has 1 aromatic rings. The van der Waals surface area contributed by atoms with Gasteiger partial charge < -0.3 is 22.0 Å². The third-order valence-corrected chi connectivity index (χ3v) is 9.23. The van der Waals surface area contributed by atoms with E-state index in [2.05, 4.69) is 4.74 Å². The molecule has 0 amide bonds. The van der Waals surface area contributed by atoms with Crippen molar-refractivity contribution < 1.29 is 44.0 Å². The molecule has 0 spiro atoms. The zero-order valence-corrected chi connectivity index (χ0v) is 17.0. The number of hydrogen-bond acceptors (Lipinski definition) is 1. The Hall–Kier alpha value is -1.12. The largest absolute Gasteiger partial charge is 0.673 e. The SMILES string of the molecule is FC(F)(F)C(F)(F)Oc1cccc([PH+](C2CCCC2)C2CCCC2)c1.F[B-](F)(F)F. The van der Waals surface area contributed by atoms with Crippen LogP contribution in [0.25, 0.3) is 0 Å². The van der Waals surface area contributed by atoms with Gasteiger partial charge in [-0.15, -0.1) is 0 Å². The molecule has 2 saturated carbocycles. The van der Waals surface area contributed by atoms with Crippen LogP contribution in [0.5, 0.6) is 5.75 Å². The summed E-state index contributed by atoms with van der Waals surface area (Å²) in [5, 5.41) is 0.944. The van der Waals surface area contributed by atoms with Crippen molar-refractivity contribution >= 4 is 20.5 Å². The molecule has 3 rings (SSSR count). The van der Waals surface area contributed by atoms with E-state index in [1.54, 1.807) is 6.07 Å². The van der Waals surface area contributed by atoms with Crippen molar-refractivity contribution in [2.75, 3.05) is 0 Å². The van der Waals surface area contributed by atoms with Crippen LogP contribution in [0.3, 0.4) is 0 Å². The zero-order chi connectivity index (χ0) is 22.6. The van der Waals surface area contributed by atoms with Crippen LogP contribution in [0.1, 0.15) is 51.4 Å². The maximum Gasteiger partial charge on any atom is 0.673 e. The van der Waals surface area contributed by atoms with E-state index in [0.717, 1.165) is 31.0 Å². The van der Waals surface area contributed by atoms with E-state index < -0.39 is 33.2 Å². The van der Waals surface area contributed by atoms with Gasteiger partial charge in [0.2, 0.25) is 0 Å². The van der Waals surface area contributed by atoms with E-state index in [9.17, 15) is 39.2 Å². The summed E-state index contributed by atoms with van der Waals surface area (Å²) >= 11 is 0. The maximum absolute atomic E-state index is 13.2. The van der Waals surface area contributed by atoms with Gasteiger partial charge in [0, 0.05) is 14.0 Å². The first-order valence-electron chi connectivity index (χ1n) is 9.76. The molecule has 0 atom stereocenters. The molecule has 172 valence electrons. The van der Waals surface area contributed by atoms with Gasteiger partial charge in [-0.1, -0.05) is 6.07 Å². The lowest BCUT2D eigenvalue weighted by Gasteiger charge is -2.24. The van der Waals surface area contributed by atoms with Crippen LogP contribution in [-0.2, 0) is 0 Å². The first kappa shape index (κ1) is 25.1. The molecular weight excluding hydrogens is 445 g/mol. The van der Waals surface area contributed by atoms with E-state index in [4.69, 9.17) is 0 Å². The summed E-state index contributed by atoms with van der Waals surface area (Å²) in [6.07, 6.45) is -1.54. The smallest absolute Gasteiger partial charge is 0.426 e. The highest BCUT2D eigenvalue weighted by molar-refractivity contribution is 7.67. The molecule has 2 aliphatic carbocycles. The first-order chi connectivity index (χ1) is 13.8. The van der Waals surface area contributed by atoms with Crippen LogP contribution in [-0.4, -0.2) is 30.9 Å². The number of halogens is 9. The Morgan fingerprint density at radius 1 is 0.800 bits per heavy atom. The van der Waals surface area contributed by atoms with Crippen molar-refractivity contribution in [2.45, 2.75) is 75.0 Å². The molecule has 30 heavy (non-hydrogen) atoms. The molecule has 0 radical (unpaired) electrons. The fourth-order valence-corrected chi connectivity index (χ4v) is 8.49. The lowest BCUT2D eigenvalue weighted by atomic mass is 10.3. The van der Waals surface area contributed by atoms with Crippen molar-refractivity contribution in [3.63, 3.8) is 0 Å². The highest BCUT2D eigenvalue weighted by atomic mass is 31.1. The first-order valence-corrected chi connectivity index (χ1v) is 11.4. The Morgan fingerprint density at radius 2 is 1.23 bits per heavy atom. The van der Waals surface area contributed by atoms with Crippen molar-refractivity contribution in [1.29, 1.82) is 0 Å². The van der Waals surface area contributed by atoms with Gasteiger partial charge in [-0.3, -0.25) is 0 Å². The Labute approximate surface area is 170 Å². The predicted molar refractivity (Wildman–Crippen MR) is 101 cm³/mol. The van der Waals surface area contributed by atoms with Crippen molar-refractivity contribution in [3.8, 4) is 5.75 Å². The lowest BCUT2D eigenvalue weighted by Crippen LogP contribution is -2.42. The number of ether oxygens (including phenoxy) is 1. The minimum atomic E-state index is -6.00. The van der Waals surface area contributed by atoms with Gasteiger partial charge >= 0.3 is 19.5 Å². The Kier molecular flexibility index (Phi) is 8.39. The third-order valence-electron chi connectivity index (χ3n) is 5.33. The number of hydrogen-bond donors (Lipinski definition) is 0. The molecular formula is C18H23BF9OP. The summed E-state index contributed by atoms with van der Waals surface area (Å²) in [6, 6.07) is 6.06. The molecule has 0 unspecified atom stereocenters. The molecule has 0 heterocycles. The Balaban J connectivity index is 0.000000575. The summed E-state index contributed by atoms with van der Waals surface area (Å²) in [7, 11) is -7.00. The Bertz CT molecular complexity index is 646. The van der Waals surface area contributed by atoms with E-state index in [1.165, 1.54) is 37.8 Å². The summed E-state index contributed by atoms with van der Waals surface area (Å²) in [6.45, 7) is 0. The van der Waals surface area contributed by atoms with Gasteiger partial charge in [-0.2, -0.15) is 22.0 Å². The van der Waals surface area contributed by atoms with Crippen LogP contribution in [0.15, 0.2) is 24.3 Å². The summed E-state index contributed by atoms with van der Waals surface area (Å²) < 4.78 is 107. The third kappa shape index (κ3) is 7.54. The lowest BCUT2D eigenvalue weighted by molar-refractivity contribution is -0.360. The minimum absolute atomic E-state index is 0.390. The Morgan fingerprint density at radius 3 is 1.63 bits per heavy atom. The molecule has 1 aromatic carbocycles. The van der Waals surface area contributed by atoms with Gasteiger partial charge in [0.05, 0.1) is 16.6 Å². The number of rotatable bonds is 5. The molecule has 0 aliphatic heterocycles. The summed E-state index contributed by atoms with van der Waals surface area (Å²) in [4.78, 5) is 0. The second-order valence-corrected chi connectivity index (χ2v) is 10.7. The van der Waals surface area contributed by atoms with Crippen molar-refractivity contribution in [2.24, 2.45) is 0 Å². The summed E-state index contributed by atoms with van der Waals surface area (Å²) in [5.41, 5.74) is 1.18. The van der Waals surface area contributed by atoms with Crippen LogP contribution < -0.4 is 10.0 Å². The zero-order valence-electron chi connectivity index (χ0n) is 16.0. The number of benzene rings is 1. The molecule has 0 aromatic heterocycles. The average molecular weight is 468 g/mol. The van der Waals surface area contributed by atoms with Gasteiger partial charge in [0.1, 0.15) is 5.75 Å². The van der Waals surface area contributed by atoms with Gasteiger partial charge in [-0.25, -0.2) is 0 Å². The van der Waals surface area contributed by atoms with Crippen molar-refractivity contribution in [1.82, 2.24) is 0 Å². The monoisotopic (exact) mass is 468 g/mol. The fourth-order valence-electron chi connectivity index (χ4n) is 4.22. The minimum Gasteiger partial charge on any atom is -0.426 e. The molecule has 1 nitrogen and oxygen atoms in total. The van der Waals surface area contributed by atoms with E-state index in [-0.39, 0.29) is 0 Å². The van der Waals surface area contributed by atoms with Gasteiger partial charge in [-0.05, 0) is 63.5 Å². The van der Waals surface area contributed by atoms with Crippen LogP contribution in [0, 0.1) is 0 Å². The van der Waals surface area contributed by atoms with Crippen LogP contribution >= 0.6 is 7.92 Å². The summed E-state index contributed by atoms with van der Waals surface area (Å²) in [5.74, 6) is -0.390. The van der Waals surface area contributed by atoms with E-state index in [1.807, 2.05) is 6.07 Å². The molecule has 12 heteroatoms. The number of alkyl halides is 5. The maximum atomic E-state index is 13.2. The molecule has 2 aliphatic rings. The van der Waals surface area contributed by atoms with E-state index in [0.29, 0.717) is 11.3 Å². The highest BCUT2D eigenvalue weighted by Gasteiger charge is 2.61. The topological polar surface area (TPSA) is 9.23 Å². The predicted octanol–water partition coefficient (Wildman–Crippen LogP) is 7.25. The normalized spacial score (nSPS) is 19.1. The standard InChI is InChI=1S/C18H22F5OP.BF4/c19-17(20,21)18(22,23)24-13-6-5-11-16(12-13)25(14-7-1-2-8-14)15-9-3-4-10-15;2-1(3,4)5/h5-6,11-12,14-15H,1-4,7-10H2;/q;-1/p+1. The second-order valence-electron chi connectivity index (χ2n) is 7.56. The fraction of sp³-hybridized carbons (Fsp3) is 0.667. The molecule has 0 bridgehead atoms. The molecule has 2 fully saturated rings. The van der Waals surface area contributed by atoms with Crippen LogP contribution in [0.2, 0.25) is 0 Å². The van der Waals surface area contributed by atoms with Crippen molar-refractivity contribution in [3.05, 3.63) is 24.3 Å². The van der Waals surface area contributed by atoms with Gasteiger partial charge in [0.25, 0.3) is 0 Å². The molecule has 0 saturated heterocycles. The van der Waals surface area contributed by atoms with Gasteiger partial charge in [0.15, 0.2) is 0 Å². The molecule has 0 N–H and O–H groups in total. The average Bonchev–Trinajstić information content (AvgIpc) is 3.27. The quantitative estimate of drug-likeness (QED) is 0.252. The second kappa shape index (κ2) is 10.0. The van der Waals surface area contributed by atoms with Crippen LogP contribution in [0.4, 0.5) is 39.2 Å². The van der Waals surface area contributed by atoms with E-state index >= 15 is 0 Å². The highest BCUT2D eigenvalue weighted by Crippen LogP contribution is 2.56.